The van der Waals surface area contributed by atoms with E-state index in [0.717, 1.165) is 18.8 Å². The van der Waals surface area contributed by atoms with Crippen LogP contribution in [-0.4, -0.2) is 25.4 Å². The summed E-state index contributed by atoms with van der Waals surface area (Å²) in [5.41, 5.74) is 7.05. The van der Waals surface area contributed by atoms with Crippen LogP contribution in [0.15, 0.2) is 18.2 Å². The molecule has 3 nitrogen and oxygen atoms in total. The Morgan fingerprint density at radius 3 is 2.71 bits per heavy atom. The number of benzene rings is 1. The van der Waals surface area contributed by atoms with Crippen molar-refractivity contribution in [3.63, 3.8) is 0 Å². The molecule has 0 unspecified atom stereocenters. The Hall–Kier alpha value is -1.06. The number of nitrogens with zero attached hydrogens (tertiary/aromatic N) is 1. The quantitative estimate of drug-likeness (QED) is 0.838. The number of Topliss-reactive ketones (excluding diaryl/α,β-unsaturated/α-hetero) is 1. The van der Waals surface area contributed by atoms with Crippen LogP contribution < -0.4 is 10.6 Å². The van der Waals surface area contributed by atoms with E-state index in [1.54, 1.807) is 6.07 Å². The van der Waals surface area contributed by atoms with Crippen LogP contribution in [0.25, 0.3) is 0 Å². The lowest BCUT2D eigenvalue weighted by Gasteiger charge is -2.21. The molecule has 1 fully saturated rings. The van der Waals surface area contributed by atoms with Crippen molar-refractivity contribution in [2.45, 2.75) is 19.3 Å². The first-order valence-electron chi connectivity index (χ1n) is 6.00. The largest absolute Gasteiger partial charge is 0.371 e. The molecule has 0 radical (unpaired) electrons. The third-order valence-corrected chi connectivity index (χ3v) is 3.40. The Morgan fingerprint density at radius 1 is 1.35 bits per heavy atom. The number of rotatable bonds is 4. The molecule has 1 aromatic rings. The zero-order valence-corrected chi connectivity index (χ0v) is 10.5. The maximum absolute atomic E-state index is 12.1. The van der Waals surface area contributed by atoms with Crippen molar-refractivity contribution >= 4 is 23.1 Å². The topological polar surface area (TPSA) is 46.3 Å². The molecule has 1 aliphatic rings. The molecule has 0 saturated carbocycles. The summed E-state index contributed by atoms with van der Waals surface area (Å²) in [6.07, 6.45) is 2.71. The van der Waals surface area contributed by atoms with Gasteiger partial charge in [-0.15, -0.1) is 0 Å². The van der Waals surface area contributed by atoms with Crippen molar-refractivity contribution < 1.29 is 4.79 Å². The number of ketones is 1. The van der Waals surface area contributed by atoms with E-state index in [0.29, 0.717) is 23.6 Å². The molecular formula is C13H17ClN2O. The van der Waals surface area contributed by atoms with Crippen LogP contribution >= 0.6 is 11.6 Å². The second-order valence-electron chi connectivity index (χ2n) is 4.29. The van der Waals surface area contributed by atoms with Crippen molar-refractivity contribution in [1.29, 1.82) is 0 Å². The van der Waals surface area contributed by atoms with Crippen LogP contribution in [0.1, 0.15) is 29.6 Å². The maximum atomic E-state index is 12.1. The van der Waals surface area contributed by atoms with Gasteiger partial charge < -0.3 is 10.6 Å². The van der Waals surface area contributed by atoms with Gasteiger partial charge in [-0.1, -0.05) is 17.7 Å². The van der Waals surface area contributed by atoms with Gasteiger partial charge in [0.15, 0.2) is 5.78 Å². The highest BCUT2D eigenvalue weighted by Gasteiger charge is 2.21. The zero-order chi connectivity index (χ0) is 12.3. The Balaban J connectivity index is 2.36. The summed E-state index contributed by atoms with van der Waals surface area (Å²) >= 11 is 6.15. The van der Waals surface area contributed by atoms with Gasteiger partial charge in [0, 0.05) is 25.2 Å². The van der Waals surface area contributed by atoms with Crippen molar-refractivity contribution in [3.8, 4) is 0 Å². The summed E-state index contributed by atoms with van der Waals surface area (Å²) < 4.78 is 0. The predicted octanol–water partition coefficient (Wildman–Crippen LogP) is 2.47. The molecule has 0 amide bonds. The van der Waals surface area contributed by atoms with E-state index in [1.165, 1.54) is 12.8 Å². The summed E-state index contributed by atoms with van der Waals surface area (Å²) in [4.78, 5) is 14.3. The van der Waals surface area contributed by atoms with Crippen molar-refractivity contribution in [3.05, 3.63) is 28.8 Å². The van der Waals surface area contributed by atoms with Crippen molar-refractivity contribution in [2.24, 2.45) is 5.73 Å². The molecule has 0 aromatic heterocycles. The fourth-order valence-corrected chi connectivity index (χ4v) is 2.54. The van der Waals surface area contributed by atoms with Gasteiger partial charge in [-0.25, -0.2) is 0 Å². The van der Waals surface area contributed by atoms with E-state index in [9.17, 15) is 4.79 Å². The molecule has 2 rings (SSSR count). The van der Waals surface area contributed by atoms with Gasteiger partial charge in [-0.2, -0.15) is 0 Å². The Labute approximate surface area is 107 Å². The number of carbonyl (C=O) groups excluding carboxylic acids is 1. The summed E-state index contributed by atoms with van der Waals surface area (Å²) in [6.45, 7) is 2.37. The van der Waals surface area contributed by atoms with Gasteiger partial charge in [-0.3, -0.25) is 4.79 Å². The molecule has 1 heterocycles. The fraction of sp³-hybridized carbons (Fsp3) is 0.462. The van der Waals surface area contributed by atoms with Gasteiger partial charge in [-0.05, 0) is 31.5 Å². The smallest absolute Gasteiger partial charge is 0.167 e. The Kier molecular flexibility index (Phi) is 4.02. The average Bonchev–Trinajstić information content (AvgIpc) is 2.82. The van der Waals surface area contributed by atoms with Gasteiger partial charge in [0.05, 0.1) is 10.6 Å². The minimum Gasteiger partial charge on any atom is -0.371 e. The van der Waals surface area contributed by atoms with E-state index in [2.05, 4.69) is 4.90 Å². The van der Waals surface area contributed by atoms with Gasteiger partial charge in [0.2, 0.25) is 0 Å². The zero-order valence-electron chi connectivity index (χ0n) is 9.79. The van der Waals surface area contributed by atoms with E-state index in [4.69, 9.17) is 17.3 Å². The lowest BCUT2D eigenvalue weighted by atomic mass is 10.1. The molecule has 0 bridgehead atoms. The molecule has 92 valence electrons. The van der Waals surface area contributed by atoms with Gasteiger partial charge >= 0.3 is 0 Å². The molecule has 2 N–H and O–H groups in total. The van der Waals surface area contributed by atoms with E-state index < -0.39 is 0 Å². The lowest BCUT2D eigenvalue weighted by Crippen LogP contribution is -2.21. The standard InChI is InChI=1S/C13H17ClN2O/c14-10-4-3-5-11(16-8-1-2-9-16)13(10)12(17)6-7-15/h3-5H,1-2,6-9,15H2. The molecule has 17 heavy (non-hydrogen) atoms. The van der Waals surface area contributed by atoms with E-state index in [1.807, 2.05) is 12.1 Å². The average molecular weight is 253 g/mol. The lowest BCUT2D eigenvalue weighted by molar-refractivity contribution is 0.0986. The highest BCUT2D eigenvalue weighted by Crippen LogP contribution is 2.30. The van der Waals surface area contributed by atoms with Crippen LogP contribution in [0.3, 0.4) is 0 Å². The second kappa shape index (κ2) is 5.52. The molecule has 0 atom stereocenters. The SMILES string of the molecule is NCCC(=O)c1c(Cl)cccc1N1CCCC1. The number of hydrogen-bond donors (Lipinski definition) is 1. The fourth-order valence-electron chi connectivity index (χ4n) is 2.27. The predicted molar refractivity (Wildman–Crippen MR) is 70.9 cm³/mol. The third-order valence-electron chi connectivity index (χ3n) is 3.09. The number of nitrogens with two attached hydrogens (primary N) is 1. The summed E-state index contributed by atoms with van der Waals surface area (Å²) in [5.74, 6) is 0.0417. The molecule has 1 saturated heterocycles. The van der Waals surface area contributed by atoms with Crippen LogP contribution in [0.4, 0.5) is 5.69 Å². The molecule has 1 aliphatic heterocycles. The minimum atomic E-state index is 0.0417. The van der Waals surface area contributed by atoms with Crippen LogP contribution in [0.2, 0.25) is 5.02 Å². The van der Waals surface area contributed by atoms with E-state index >= 15 is 0 Å². The summed E-state index contributed by atoms with van der Waals surface area (Å²) in [6, 6.07) is 5.64. The first kappa shape index (κ1) is 12.4. The van der Waals surface area contributed by atoms with Crippen LogP contribution in [-0.2, 0) is 0 Å². The van der Waals surface area contributed by atoms with E-state index in [-0.39, 0.29) is 5.78 Å². The van der Waals surface area contributed by atoms with Gasteiger partial charge in [0.1, 0.15) is 0 Å². The first-order valence-corrected chi connectivity index (χ1v) is 6.38. The van der Waals surface area contributed by atoms with Crippen LogP contribution in [0, 0.1) is 0 Å². The summed E-state index contributed by atoms with van der Waals surface area (Å²) in [7, 11) is 0. The highest BCUT2D eigenvalue weighted by molar-refractivity contribution is 6.34. The van der Waals surface area contributed by atoms with Crippen LogP contribution in [0.5, 0.6) is 0 Å². The molecular weight excluding hydrogens is 236 g/mol. The number of hydrogen-bond acceptors (Lipinski definition) is 3. The molecule has 4 heteroatoms. The van der Waals surface area contributed by atoms with Gasteiger partial charge in [0.25, 0.3) is 0 Å². The maximum Gasteiger partial charge on any atom is 0.167 e. The normalized spacial score (nSPS) is 15.3. The van der Waals surface area contributed by atoms with Crippen molar-refractivity contribution in [1.82, 2.24) is 0 Å². The summed E-state index contributed by atoms with van der Waals surface area (Å²) in [5, 5.41) is 0.535. The first-order chi connectivity index (χ1) is 8.24. The highest BCUT2D eigenvalue weighted by atomic mass is 35.5. The Bertz CT molecular complexity index is 414. The number of carbonyl (C=O) groups is 1. The number of halogens is 1. The third kappa shape index (κ3) is 2.61. The Morgan fingerprint density at radius 2 is 2.06 bits per heavy atom. The number of anilines is 1. The monoisotopic (exact) mass is 252 g/mol. The second-order valence-corrected chi connectivity index (χ2v) is 4.70. The molecule has 0 aliphatic carbocycles. The molecule has 0 spiro atoms. The van der Waals surface area contributed by atoms with Crippen molar-refractivity contribution in [2.75, 3.05) is 24.5 Å². The molecule has 1 aromatic carbocycles. The minimum absolute atomic E-state index is 0.0417.